The van der Waals surface area contributed by atoms with Crippen LogP contribution >= 0.6 is 22.7 Å². The average molecular weight is 383 g/mol. The van der Waals surface area contributed by atoms with Crippen molar-refractivity contribution in [1.29, 1.82) is 0 Å². The van der Waals surface area contributed by atoms with E-state index >= 15 is 0 Å². The summed E-state index contributed by atoms with van der Waals surface area (Å²) in [5, 5.41) is 17.7. The van der Waals surface area contributed by atoms with Gasteiger partial charge in [-0.15, -0.1) is 22.7 Å². The molecule has 2 radical (unpaired) electrons. The molecule has 0 spiro atoms. The molecule has 3 aromatic rings. The standard InChI is InChI=1S/C18H19O2S.C4H3S/c1-2-3-4-13-20-16-10-7-15(8-11-16)9-12-17(19)18-6-5-14-21-18;1-2-4-5-3-1/h5-8,10-11,17,19H,2-4,13H2,1H3;1-3H. The summed E-state index contributed by atoms with van der Waals surface area (Å²) in [6.07, 6.45) is 2.73. The highest BCUT2D eigenvalue weighted by atomic mass is 32.1. The summed E-state index contributed by atoms with van der Waals surface area (Å²) in [7, 11) is 0. The van der Waals surface area contributed by atoms with Gasteiger partial charge in [-0.1, -0.05) is 37.7 Å². The molecule has 1 unspecified atom stereocenters. The van der Waals surface area contributed by atoms with Gasteiger partial charge in [0.25, 0.3) is 0 Å². The van der Waals surface area contributed by atoms with E-state index in [9.17, 15) is 5.11 Å². The summed E-state index contributed by atoms with van der Waals surface area (Å²) in [4.78, 5) is 0.818. The second kappa shape index (κ2) is 12.3. The lowest BCUT2D eigenvalue weighted by atomic mass is 10.2. The van der Waals surface area contributed by atoms with Gasteiger partial charge in [-0.25, -0.2) is 0 Å². The first kappa shape index (κ1) is 20.3. The van der Waals surface area contributed by atoms with Crippen LogP contribution < -0.4 is 4.74 Å². The molecule has 0 amide bonds. The van der Waals surface area contributed by atoms with Gasteiger partial charge in [0.2, 0.25) is 0 Å². The third-order valence-electron chi connectivity index (χ3n) is 3.36. The minimum absolute atomic E-state index is 0.744. The van der Waals surface area contributed by atoms with Crippen LogP contribution in [-0.4, -0.2) is 11.7 Å². The van der Waals surface area contributed by atoms with Gasteiger partial charge in [0, 0.05) is 21.2 Å². The Hall–Kier alpha value is -2.06. The van der Waals surface area contributed by atoms with Crippen molar-refractivity contribution in [3.8, 4) is 17.6 Å². The molecular formula is C22H22O2S2. The summed E-state index contributed by atoms with van der Waals surface area (Å²) in [6, 6.07) is 15.1. The lowest BCUT2D eigenvalue weighted by molar-refractivity contribution is 0.242. The number of hydrogen-bond donors (Lipinski definition) is 1. The van der Waals surface area contributed by atoms with Crippen LogP contribution in [0, 0.1) is 22.6 Å². The lowest BCUT2D eigenvalue weighted by Crippen LogP contribution is -1.96. The third kappa shape index (κ3) is 7.88. The van der Waals surface area contributed by atoms with Crippen LogP contribution in [0.3, 0.4) is 0 Å². The van der Waals surface area contributed by atoms with E-state index in [0.717, 1.165) is 29.2 Å². The molecule has 2 heterocycles. The molecule has 26 heavy (non-hydrogen) atoms. The molecule has 0 aliphatic carbocycles. The van der Waals surface area contributed by atoms with Gasteiger partial charge in [-0.05, 0) is 54.3 Å². The minimum atomic E-state index is -0.744. The van der Waals surface area contributed by atoms with Gasteiger partial charge in [0.1, 0.15) is 11.9 Å². The summed E-state index contributed by atoms with van der Waals surface area (Å²) < 4.78 is 5.65. The molecule has 4 heteroatoms. The van der Waals surface area contributed by atoms with E-state index in [1.54, 1.807) is 17.4 Å². The predicted octanol–water partition coefficient (Wildman–Crippen LogP) is 5.75. The fourth-order valence-electron chi connectivity index (χ4n) is 2.00. The number of benzene rings is 1. The molecule has 2 aromatic heterocycles. The minimum Gasteiger partial charge on any atom is -0.494 e. The molecule has 134 valence electrons. The van der Waals surface area contributed by atoms with Crippen molar-refractivity contribution in [2.24, 2.45) is 0 Å². The van der Waals surface area contributed by atoms with E-state index in [-0.39, 0.29) is 0 Å². The van der Waals surface area contributed by atoms with Crippen LogP contribution in [0.15, 0.2) is 53.9 Å². The normalized spacial score (nSPS) is 10.8. The smallest absolute Gasteiger partial charge is 0.149 e. The summed E-state index contributed by atoms with van der Waals surface area (Å²) in [5.74, 6) is 6.68. The zero-order valence-corrected chi connectivity index (χ0v) is 16.4. The molecule has 3 rings (SSSR count). The maximum Gasteiger partial charge on any atom is 0.149 e. The number of unbranched alkanes of at least 4 members (excludes halogenated alkanes) is 2. The highest BCUT2D eigenvalue weighted by Gasteiger charge is 2.03. The van der Waals surface area contributed by atoms with Gasteiger partial charge in [-0.2, -0.15) is 0 Å². The lowest BCUT2D eigenvalue weighted by Gasteiger charge is -2.05. The highest BCUT2D eigenvalue weighted by Crippen LogP contribution is 2.17. The number of rotatable bonds is 6. The Morgan fingerprint density at radius 2 is 1.96 bits per heavy atom. The molecular weight excluding hydrogens is 360 g/mol. The summed E-state index contributed by atoms with van der Waals surface area (Å²) in [6.45, 7) is 2.93. The Balaban J connectivity index is 0.000000417. The second-order valence-corrected chi connectivity index (χ2v) is 7.09. The van der Waals surface area contributed by atoms with Gasteiger partial charge in [-0.3, -0.25) is 0 Å². The Bertz CT molecular complexity index is 734. The van der Waals surface area contributed by atoms with Crippen molar-refractivity contribution in [2.75, 3.05) is 6.61 Å². The molecule has 1 aromatic carbocycles. The van der Waals surface area contributed by atoms with Crippen molar-refractivity contribution in [3.63, 3.8) is 0 Å². The second-order valence-electron chi connectivity index (χ2n) is 5.44. The van der Waals surface area contributed by atoms with E-state index in [2.05, 4.69) is 29.5 Å². The molecule has 2 nitrogen and oxygen atoms in total. The average Bonchev–Trinajstić information content (AvgIpc) is 3.40. The largest absolute Gasteiger partial charge is 0.494 e. The van der Waals surface area contributed by atoms with Crippen molar-refractivity contribution in [2.45, 2.75) is 32.3 Å². The van der Waals surface area contributed by atoms with Crippen LogP contribution in [0.1, 0.15) is 42.7 Å². The summed E-state index contributed by atoms with van der Waals surface area (Å²) >= 11 is 2.97. The zero-order chi connectivity index (χ0) is 18.5. The van der Waals surface area contributed by atoms with Gasteiger partial charge >= 0.3 is 0 Å². The predicted molar refractivity (Wildman–Crippen MR) is 110 cm³/mol. The topological polar surface area (TPSA) is 29.5 Å². The molecule has 0 bridgehead atoms. The van der Waals surface area contributed by atoms with E-state index < -0.39 is 6.10 Å². The fraction of sp³-hybridized carbons (Fsp3) is 0.273. The molecule has 0 aliphatic rings. The van der Waals surface area contributed by atoms with Gasteiger partial charge in [0.05, 0.1) is 6.61 Å². The van der Waals surface area contributed by atoms with E-state index in [4.69, 9.17) is 4.74 Å². The van der Waals surface area contributed by atoms with Crippen LogP contribution in [0.2, 0.25) is 0 Å². The monoisotopic (exact) mass is 382 g/mol. The first-order valence-corrected chi connectivity index (χ1v) is 10.3. The highest BCUT2D eigenvalue weighted by molar-refractivity contribution is 7.09. The summed E-state index contributed by atoms with van der Waals surface area (Å²) in [5.41, 5.74) is 0.871. The molecule has 0 saturated carbocycles. The Morgan fingerprint density at radius 3 is 2.54 bits per heavy atom. The quantitative estimate of drug-likeness (QED) is 0.434. The number of ether oxygens (including phenoxy) is 1. The van der Waals surface area contributed by atoms with E-state index in [1.165, 1.54) is 24.2 Å². The number of aliphatic hydroxyl groups excluding tert-OH is 1. The molecule has 1 N–H and O–H groups in total. The first-order valence-electron chi connectivity index (χ1n) is 8.57. The Labute approximate surface area is 164 Å². The van der Waals surface area contributed by atoms with Crippen LogP contribution in [0.25, 0.3) is 0 Å². The van der Waals surface area contributed by atoms with Crippen LogP contribution in [0.5, 0.6) is 5.75 Å². The zero-order valence-electron chi connectivity index (χ0n) is 14.8. The van der Waals surface area contributed by atoms with Crippen molar-refractivity contribution in [3.05, 3.63) is 75.1 Å². The number of aliphatic hydroxyl groups is 1. The first-order chi connectivity index (χ1) is 12.8. The van der Waals surface area contributed by atoms with E-state index in [0.29, 0.717) is 0 Å². The number of thiophene rings is 2. The molecule has 1 atom stereocenters. The van der Waals surface area contributed by atoms with Crippen molar-refractivity contribution < 1.29 is 9.84 Å². The SMILES string of the molecule is CCCCCOc1ccc(C#CC(O)c2cc[c]s2)cc1.[c]1cccs1. The van der Waals surface area contributed by atoms with Crippen LogP contribution in [0.4, 0.5) is 0 Å². The maximum absolute atomic E-state index is 9.88. The Kier molecular flexibility index (Phi) is 9.60. The molecule has 0 fully saturated rings. The Morgan fingerprint density at radius 1 is 1.12 bits per heavy atom. The number of hydrogen-bond acceptors (Lipinski definition) is 4. The van der Waals surface area contributed by atoms with E-state index in [1.807, 2.05) is 47.8 Å². The van der Waals surface area contributed by atoms with Crippen molar-refractivity contribution >= 4 is 22.7 Å². The van der Waals surface area contributed by atoms with Gasteiger partial charge in [0.15, 0.2) is 0 Å². The fourth-order valence-corrected chi connectivity index (χ4v) is 2.97. The third-order valence-corrected chi connectivity index (χ3v) is 4.78. The van der Waals surface area contributed by atoms with Crippen molar-refractivity contribution in [1.82, 2.24) is 0 Å². The molecule has 0 aliphatic heterocycles. The maximum atomic E-state index is 9.88. The van der Waals surface area contributed by atoms with Crippen LogP contribution in [-0.2, 0) is 0 Å². The molecule has 0 saturated heterocycles. The van der Waals surface area contributed by atoms with Gasteiger partial charge < -0.3 is 9.84 Å².